The van der Waals surface area contributed by atoms with Gasteiger partial charge in [0.15, 0.2) is 0 Å². The van der Waals surface area contributed by atoms with Gasteiger partial charge in [-0.1, -0.05) is 29.4 Å². The molecule has 0 amide bonds. The molecule has 130 valence electrons. The number of esters is 2. The van der Waals surface area contributed by atoms with Crippen molar-refractivity contribution < 1.29 is 19.1 Å². The van der Waals surface area contributed by atoms with E-state index in [0.717, 1.165) is 32.1 Å². The summed E-state index contributed by atoms with van der Waals surface area (Å²) >= 11 is 0. The van der Waals surface area contributed by atoms with Crippen molar-refractivity contribution in [2.24, 2.45) is 17.8 Å². The quantitative estimate of drug-likeness (QED) is 0.578. The van der Waals surface area contributed by atoms with Gasteiger partial charge in [-0.2, -0.15) is 0 Å². The summed E-state index contributed by atoms with van der Waals surface area (Å²) in [5.41, 5.74) is 3.28. The van der Waals surface area contributed by atoms with E-state index in [4.69, 9.17) is 9.47 Å². The lowest BCUT2D eigenvalue weighted by Gasteiger charge is -2.37. The van der Waals surface area contributed by atoms with Gasteiger partial charge in [-0.3, -0.25) is 4.79 Å². The molecule has 0 aromatic rings. The highest BCUT2D eigenvalue weighted by molar-refractivity contribution is 5.92. The van der Waals surface area contributed by atoms with E-state index < -0.39 is 6.29 Å². The van der Waals surface area contributed by atoms with Crippen LogP contribution in [0.25, 0.3) is 0 Å². The van der Waals surface area contributed by atoms with E-state index in [2.05, 4.69) is 32.9 Å². The van der Waals surface area contributed by atoms with E-state index in [9.17, 15) is 9.59 Å². The van der Waals surface area contributed by atoms with Crippen molar-refractivity contribution in [3.8, 4) is 0 Å². The minimum Gasteiger partial charge on any atom is -0.424 e. The molecule has 2 aliphatic heterocycles. The molecule has 4 unspecified atom stereocenters. The number of carbonyl (C=O) groups excluding carboxylic acids is 2. The van der Waals surface area contributed by atoms with Crippen LogP contribution < -0.4 is 0 Å². The fourth-order valence-corrected chi connectivity index (χ4v) is 4.05. The maximum absolute atomic E-state index is 12.5. The standard InChI is InChI=1S/C20H26O4/c1-12(2)6-4-8-15-14-11-10-13(3)7-5-9-16-17(14)20(23-18(15)21)24-19(16)22/h6-7,9,14-15,17,20H,4-5,8,10-11H2,1-3H3. The molecule has 2 saturated heterocycles. The van der Waals surface area contributed by atoms with E-state index in [-0.39, 0.29) is 29.7 Å². The molecular formula is C20H26O4. The third kappa shape index (κ3) is 3.33. The molecule has 4 nitrogen and oxygen atoms in total. The van der Waals surface area contributed by atoms with Crippen LogP contribution in [-0.4, -0.2) is 18.2 Å². The van der Waals surface area contributed by atoms with Gasteiger partial charge in [0.25, 0.3) is 6.29 Å². The van der Waals surface area contributed by atoms with E-state index in [1.165, 1.54) is 11.1 Å². The fraction of sp³-hybridized carbons (Fsp3) is 0.600. The lowest BCUT2D eigenvalue weighted by molar-refractivity contribution is -0.203. The van der Waals surface area contributed by atoms with Gasteiger partial charge in [0.2, 0.25) is 0 Å². The number of hydrogen-bond donors (Lipinski definition) is 0. The second-order valence-corrected chi connectivity index (χ2v) is 7.35. The van der Waals surface area contributed by atoms with Gasteiger partial charge in [0.05, 0.1) is 11.8 Å². The molecular weight excluding hydrogens is 304 g/mol. The van der Waals surface area contributed by atoms with Crippen molar-refractivity contribution in [2.75, 3.05) is 0 Å². The topological polar surface area (TPSA) is 52.6 Å². The van der Waals surface area contributed by atoms with Gasteiger partial charge < -0.3 is 9.47 Å². The lowest BCUT2D eigenvalue weighted by atomic mass is 9.72. The molecule has 0 spiro atoms. The summed E-state index contributed by atoms with van der Waals surface area (Å²) < 4.78 is 10.8. The second kappa shape index (κ2) is 6.96. The third-order valence-electron chi connectivity index (χ3n) is 5.33. The maximum atomic E-state index is 12.5. The largest absolute Gasteiger partial charge is 0.424 e. The first-order valence-electron chi connectivity index (χ1n) is 8.88. The van der Waals surface area contributed by atoms with Gasteiger partial charge in [0, 0.05) is 5.57 Å². The molecule has 2 heterocycles. The molecule has 3 rings (SSSR count). The molecule has 24 heavy (non-hydrogen) atoms. The van der Waals surface area contributed by atoms with E-state index >= 15 is 0 Å². The van der Waals surface area contributed by atoms with Crippen LogP contribution in [0.4, 0.5) is 0 Å². The lowest BCUT2D eigenvalue weighted by Crippen LogP contribution is -2.44. The summed E-state index contributed by atoms with van der Waals surface area (Å²) in [4.78, 5) is 24.7. The van der Waals surface area contributed by atoms with Gasteiger partial charge >= 0.3 is 11.9 Å². The van der Waals surface area contributed by atoms with Crippen molar-refractivity contribution in [3.05, 3.63) is 34.9 Å². The van der Waals surface area contributed by atoms with E-state index in [1.807, 2.05) is 6.08 Å². The zero-order valence-electron chi connectivity index (χ0n) is 14.7. The molecule has 0 N–H and O–H groups in total. The second-order valence-electron chi connectivity index (χ2n) is 7.35. The Morgan fingerprint density at radius 3 is 2.79 bits per heavy atom. The minimum atomic E-state index is -0.723. The smallest absolute Gasteiger partial charge is 0.337 e. The van der Waals surface area contributed by atoms with Crippen LogP contribution in [0.5, 0.6) is 0 Å². The van der Waals surface area contributed by atoms with Crippen molar-refractivity contribution >= 4 is 11.9 Å². The molecule has 0 bridgehead atoms. The van der Waals surface area contributed by atoms with E-state index in [1.54, 1.807) is 0 Å². The molecule has 0 radical (unpaired) electrons. The Hall–Kier alpha value is -1.84. The van der Waals surface area contributed by atoms with Gasteiger partial charge in [-0.15, -0.1) is 0 Å². The molecule has 0 aromatic carbocycles. The fourth-order valence-electron chi connectivity index (χ4n) is 4.05. The Balaban J connectivity index is 1.89. The highest BCUT2D eigenvalue weighted by Gasteiger charge is 2.53. The van der Waals surface area contributed by atoms with Gasteiger partial charge in [0.1, 0.15) is 0 Å². The van der Waals surface area contributed by atoms with Crippen molar-refractivity contribution in [3.63, 3.8) is 0 Å². The number of hydrogen-bond acceptors (Lipinski definition) is 4. The normalized spacial score (nSPS) is 32.3. The van der Waals surface area contributed by atoms with E-state index in [0.29, 0.717) is 5.57 Å². The molecule has 3 aliphatic rings. The highest BCUT2D eigenvalue weighted by Crippen LogP contribution is 2.46. The zero-order valence-corrected chi connectivity index (χ0v) is 14.7. The first-order chi connectivity index (χ1) is 11.5. The molecule has 4 atom stereocenters. The molecule has 0 saturated carbocycles. The van der Waals surface area contributed by atoms with Crippen LogP contribution in [0.1, 0.15) is 52.9 Å². The minimum absolute atomic E-state index is 0.105. The summed E-state index contributed by atoms with van der Waals surface area (Å²) in [5, 5.41) is 0. The van der Waals surface area contributed by atoms with Crippen molar-refractivity contribution in [2.45, 2.75) is 59.2 Å². The number of ether oxygens (including phenoxy) is 2. The van der Waals surface area contributed by atoms with Crippen LogP contribution in [0.15, 0.2) is 34.9 Å². The number of allylic oxidation sites excluding steroid dienone is 5. The Kier molecular flexibility index (Phi) is 4.93. The predicted molar refractivity (Wildman–Crippen MR) is 90.8 cm³/mol. The molecule has 2 fully saturated rings. The van der Waals surface area contributed by atoms with Crippen LogP contribution in [0.3, 0.4) is 0 Å². The van der Waals surface area contributed by atoms with Crippen molar-refractivity contribution in [1.82, 2.24) is 0 Å². The molecule has 1 aliphatic carbocycles. The first kappa shape index (κ1) is 17.0. The SMILES string of the molecule is CC(C)=CCCC1C(=O)OC2OC(=O)C3=CCC=C(C)CCC1C32. The first-order valence-corrected chi connectivity index (χ1v) is 8.88. The highest BCUT2D eigenvalue weighted by atomic mass is 16.7. The van der Waals surface area contributed by atoms with Crippen LogP contribution in [-0.2, 0) is 19.1 Å². The molecule has 4 heteroatoms. The predicted octanol–water partition coefficient (Wildman–Crippen LogP) is 4.08. The number of carbonyl (C=O) groups is 2. The number of rotatable bonds is 3. The Bertz CT molecular complexity index is 622. The summed E-state index contributed by atoms with van der Waals surface area (Å²) in [6.45, 7) is 6.25. The van der Waals surface area contributed by atoms with Crippen LogP contribution in [0.2, 0.25) is 0 Å². The van der Waals surface area contributed by atoms with Crippen LogP contribution in [0, 0.1) is 17.8 Å². The van der Waals surface area contributed by atoms with Gasteiger partial charge in [-0.05, 0) is 58.8 Å². The Labute approximate surface area is 143 Å². The Morgan fingerprint density at radius 2 is 2.04 bits per heavy atom. The Morgan fingerprint density at radius 1 is 1.25 bits per heavy atom. The summed E-state index contributed by atoms with van der Waals surface area (Å²) in [7, 11) is 0. The maximum Gasteiger partial charge on any atom is 0.337 e. The summed E-state index contributed by atoms with van der Waals surface area (Å²) in [5.74, 6) is -0.683. The van der Waals surface area contributed by atoms with Gasteiger partial charge in [-0.25, -0.2) is 4.79 Å². The summed E-state index contributed by atoms with van der Waals surface area (Å²) in [6.07, 6.45) is 9.77. The average Bonchev–Trinajstić information content (AvgIpc) is 2.84. The molecule has 0 aromatic heterocycles. The van der Waals surface area contributed by atoms with Crippen LogP contribution >= 0.6 is 0 Å². The zero-order chi connectivity index (χ0) is 17.3. The average molecular weight is 330 g/mol. The summed E-state index contributed by atoms with van der Waals surface area (Å²) in [6, 6.07) is 0. The monoisotopic (exact) mass is 330 g/mol. The third-order valence-corrected chi connectivity index (χ3v) is 5.33. The van der Waals surface area contributed by atoms with Crippen molar-refractivity contribution in [1.29, 1.82) is 0 Å².